The number of anilines is 1. The van der Waals surface area contributed by atoms with Crippen LogP contribution in [0.15, 0.2) is 24.5 Å². The minimum atomic E-state index is -1.04. The van der Waals surface area contributed by atoms with Gasteiger partial charge in [0.15, 0.2) is 0 Å². The zero-order chi connectivity index (χ0) is 18.8. The van der Waals surface area contributed by atoms with Crippen molar-refractivity contribution in [3.8, 4) is 0 Å². The van der Waals surface area contributed by atoms with Gasteiger partial charge in [-0.3, -0.25) is 9.69 Å². The third-order valence-corrected chi connectivity index (χ3v) is 4.83. The van der Waals surface area contributed by atoms with Crippen LogP contribution >= 0.6 is 0 Å². The molecule has 0 bridgehead atoms. The second kappa shape index (κ2) is 7.15. The molecule has 1 aliphatic rings. The van der Waals surface area contributed by atoms with Gasteiger partial charge in [-0.1, -0.05) is 19.4 Å². The van der Waals surface area contributed by atoms with Gasteiger partial charge in [0.05, 0.1) is 5.52 Å². The van der Waals surface area contributed by atoms with E-state index in [0.29, 0.717) is 25.3 Å². The Bertz CT molecular complexity index is 841. The quantitative estimate of drug-likeness (QED) is 0.866. The molecule has 0 spiro atoms. The molecule has 2 amide bonds. The first-order valence-corrected chi connectivity index (χ1v) is 8.71. The fourth-order valence-corrected chi connectivity index (χ4v) is 3.47. The summed E-state index contributed by atoms with van der Waals surface area (Å²) >= 11 is 0. The number of hydrogen-bond acceptors (Lipinski definition) is 5. The largest absolute Gasteiger partial charge is 0.465 e. The monoisotopic (exact) mass is 357 g/mol. The number of carbonyl (C=O) groups excluding carboxylic acids is 1. The van der Waals surface area contributed by atoms with Crippen LogP contribution in [0.5, 0.6) is 0 Å². The Hall–Kier alpha value is -2.90. The van der Waals surface area contributed by atoms with Gasteiger partial charge in [-0.2, -0.15) is 0 Å². The summed E-state index contributed by atoms with van der Waals surface area (Å²) in [6.07, 6.45) is 1.64. The molecule has 0 aliphatic carbocycles. The average Bonchev–Trinajstić information content (AvgIpc) is 2.61. The molecular weight excluding hydrogens is 334 g/mol. The van der Waals surface area contributed by atoms with Gasteiger partial charge in [0.1, 0.15) is 18.2 Å². The standard InChI is InChI=1S/C18H23N5O3/c1-3-4-15-17(24)22(11(2)8-23(15)18(25)26)9-12-5-6-13-14(7-12)20-10-21-16(13)19/h5-7,10-11,15H,3-4,8-9H2,1-2H3,(H,25,26)(H2,19,20,21)/t11-,15-/m0/s1. The van der Waals surface area contributed by atoms with Gasteiger partial charge in [-0.25, -0.2) is 14.8 Å². The van der Waals surface area contributed by atoms with Gasteiger partial charge < -0.3 is 15.7 Å². The Morgan fingerprint density at radius 1 is 1.38 bits per heavy atom. The third-order valence-electron chi connectivity index (χ3n) is 4.83. The second-order valence-electron chi connectivity index (χ2n) is 6.66. The van der Waals surface area contributed by atoms with Crippen LogP contribution in [0.1, 0.15) is 32.3 Å². The first-order chi connectivity index (χ1) is 12.4. The molecule has 26 heavy (non-hydrogen) atoms. The molecule has 1 fully saturated rings. The van der Waals surface area contributed by atoms with Crippen molar-refractivity contribution in [1.82, 2.24) is 19.8 Å². The maximum Gasteiger partial charge on any atom is 0.408 e. The summed E-state index contributed by atoms with van der Waals surface area (Å²) in [6, 6.07) is 4.84. The van der Waals surface area contributed by atoms with Gasteiger partial charge in [-0.05, 0) is 31.0 Å². The van der Waals surface area contributed by atoms with Crippen molar-refractivity contribution < 1.29 is 14.7 Å². The highest BCUT2D eigenvalue weighted by Crippen LogP contribution is 2.24. The summed E-state index contributed by atoms with van der Waals surface area (Å²) in [7, 11) is 0. The molecule has 2 atom stereocenters. The van der Waals surface area contributed by atoms with Crippen LogP contribution in [0.4, 0.5) is 10.6 Å². The van der Waals surface area contributed by atoms with Crippen LogP contribution in [0.25, 0.3) is 10.9 Å². The molecule has 8 nitrogen and oxygen atoms in total. The van der Waals surface area contributed by atoms with E-state index in [0.717, 1.165) is 22.9 Å². The summed E-state index contributed by atoms with van der Waals surface area (Å²) < 4.78 is 0. The molecular formula is C18H23N5O3. The number of hydrogen-bond donors (Lipinski definition) is 2. The molecule has 2 heterocycles. The Labute approximate surface area is 151 Å². The van der Waals surface area contributed by atoms with Gasteiger partial charge in [-0.15, -0.1) is 0 Å². The van der Waals surface area contributed by atoms with E-state index in [2.05, 4.69) is 9.97 Å². The molecule has 138 valence electrons. The molecule has 0 saturated carbocycles. The van der Waals surface area contributed by atoms with Gasteiger partial charge in [0, 0.05) is 24.5 Å². The summed E-state index contributed by atoms with van der Waals surface area (Å²) in [5, 5.41) is 10.2. The number of nitrogens with two attached hydrogens (primary N) is 1. The normalized spacial score (nSPS) is 20.6. The molecule has 1 aliphatic heterocycles. The lowest BCUT2D eigenvalue weighted by molar-refractivity contribution is -0.145. The average molecular weight is 357 g/mol. The number of benzene rings is 1. The first kappa shape index (κ1) is 17.9. The van der Waals surface area contributed by atoms with E-state index in [9.17, 15) is 14.7 Å². The zero-order valence-corrected chi connectivity index (χ0v) is 14.9. The van der Waals surface area contributed by atoms with Gasteiger partial charge >= 0.3 is 6.09 Å². The summed E-state index contributed by atoms with van der Waals surface area (Å²) in [5.74, 6) is 0.277. The van der Waals surface area contributed by atoms with E-state index in [-0.39, 0.29) is 11.9 Å². The summed E-state index contributed by atoms with van der Waals surface area (Å²) in [5.41, 5.74) is 7.51. The predicted octanol–water partition coefficient (Wildman–Crippen LogP) is 2.09. The number of nitrogen functional groups attached to an aromatic ring is 1. The van der Waals surface area contributed by atoms with Crippen molar-refractivity contribution in [2.24, 2.45) is 0 Å². The number of rotatable bonds is 4. The lowest BCUT2D eigenvalue weighted by Crippen LogP contribution is -2.61. The molecule has 3 rings (SSSR count). The highest BCUT2D eigenvalue weighted by molar-refractivity contribution is 5.89. The van der Waals surface area contributed by atoms with E-state index in [1.54, 1.807) is 4.90 Å². The number of nitrogens with zero attached hydrogens (tertiary/aromatic N) is 4. The van der Waals surface area contributed by atoms with Crippen LogP contribution < -0.4 is 5.73 Å². The molecule has 8 heteroatoms. The van der Waals surface area contributed by atoms with E-state index in [1.807, 2.05) is 32.0 Å². The molecule has 2 aromatic rings. The van der Waals surface area contributed by atoms with Crippen LogP contribution in [-0.4, -0.2) is 55.5 Å². The van der Waals surface area contributed by atoms with Crippen molar-refractivity contribution >= 4 is 28.7 Å². The fraction of sp³-hybridized carbons (Fsp3) is 0.444. The van der Waals surface area contributed by atoms with Crippen molar-refractivity contribution in [2.45, 2.75) is 45.3 Å². The number of carboxylic acid groups (broad SMARTS) is 1. The van der Waals surface area contributed by atoms with Crippen molar-refractivity contribution in [3.63, 3.8) is 0 Å². The lowest BCUT2D eigenvalue weighted by Gasteiger charge is -2.43. The Balaban J connectivity index is 1.86. The Morgan fingerprint density at radius 2 is 2.15 bits per heavy atom. The molecule has 3 N–H and O–H groups in total. The van der Waals surface area contributed by atoms with Crippen LogP contribution in [0.3, 0.4) is 0 Å². The number of aromatic nitrogens is 2. The molecule has 1 aromatic carbocycles. The number of piperazine rings is 1. The highest BCUT2D eigenvalue weighted by Gasteiger charge is 2.40. The fourth-order valence-electron chi connectivity index (χ4n) is 3.47. The minimum absolute atomic E-state index is 0.143. The van der Waals surface area contributed by atoms with E-state index >= 15 is 0 Å². The number of fused-ring (bicyclic) bond motifs is 1. The molecule has 0 radical (unpaired) electrons. The Kier molecular flexibility index (Phi) is 4.92. The third kappa shape index (κ3) is 3.26. The van der Waals surface area contributed by atoms with Crippen molar-refractivity contribution in [1.29, 1.82) is 0 Å². The van der Waals surface area contributed by atoms with Gasteiger partial charge in [0.2, 0.25) is 5.91 Å². The van der Waals surface area contributed by atoms with E-state index < -0.39 is 12.1 Å². The summed E-state index contributed by atoms with van der Waals surface area (Å²) in [4.78, 5) is 35.7. The smallest absolute Gasteiger partial charge is 0.408 e. The van der Waals surface area contributed by atoms with E-state index in [1.165, 1.54) is 11.2 Å². The summed E-state index contributed by atoms with van der Waals surface area (Å²) in [6.45, 7) is 4.54. The second-order valence-corrected chi connectivity index (χ2v) is 6.66. The van der Waals surface area contributed by atoms with E-state index in [4.69, 9.17) is 5.73 Å². The zero-order valence-electron chi connectivity index (χ0n) is 14.9. The number of carbonyl (C=O) groups is 2. The topological polar surface area (TPSA) is 113 Å². The van der Waals surface area contributed by atoms with Crippen LogP contribution in [0.2, 0.25) is 0 Å². The highest BCUT2D eigenvalue weighted by atomic mass is 16.4. The molecule has 1 saturated heterocycles. The maximum atomic E-state index is 12.9. The number of amides is 2. The molecule has 1 aromatic heterocycles. The van der Waals surface area contributed by atoms with Crippen molar-refractivity contribution in [3.05, 3.63) is 30.1 Å². The first-order valence-electron chi connectivity index (χ1n) is 8.71. The maximum absolute atomic E-state index is 12.9. The lowest BCUT2D eigenvalue weighted by atomic mass is 10.0. The predicted molar refractivity (Wildman–Crippen MR) is 97.4 cm³/mol. The van der Waals surface area contributed by atoms with Crippen LogP contribution in [0, 0.1) is 0 Å². The van der Waals surface area contributed by atoms with Crippen LogP contribution in [-0.2, 0) is 11.3 Å². The van der Waals surface area contributed by atoms with Crippen molar-refractivity contribution in [2.75, 3.05) is 12.3 Å². The minimum Gasteiger partial charge on any atom is -0.465 e. The Morgan fingerprint density at radius 3 is 2.85 bits per heavy atom. The van der Waals surface area contributed by atoms with Gasteiger partial charge in [0.25, 0.3) is 0 Å². The molecule has 0 unspecified atom stereocenters. The SMILES string of the molecule is CCC[C@H]1C(=O)N(Cc2ccc3c(N)ncnc3c2)[C@@H](C)CN1C(=O)O.